The molecule has 0 saturated heterocycles. The van der Waals surface area contributed by atoms with Crippen LogP contribution in [0.4, 0.5) is 0 Å². The number of nitrogens with one attached hydrogen (secondary N) is 2. The quantitative estimate of drug-likeness (QED) is 0.653. The molecule has 0 saturated carbocycles. The average Bonchev–Trinajstić information content (AvgIpc) is 2.13. The first-order valence-electron chi connectivity index (χ1n) is 5.98. The van der Waals surface area contributed by atoms with E-state index in [0.29, 0.717) is 6.54 Å². The maximum absolute atomic E-state index is 11.5. The molecule has 0 unspecified atom stereocenters. The van der Waals surface area contributed by atoms with Crippen LogP contribution in [0.3, 0.4) is 0 Å². The molecule has 1 atom stereocenters. The minimum absolute atomic E-state index is 0.0732. The van der Waals surface area contributed by atoms with Crippen molar-refractivity contribution in [3.63, 3.8) is 0 Å². The van der Waals surface area contributed by atoms with E-state index >= 15 is 0 Å². The summed E-state index contributed by atoms with van der Waals surface area (Å²) in [5.41, 5.74) is 5.43. The number of carbonyl (C=O) groups excluding carboxylic acids is 2. The summed E-state index contributed by atoms with van der Waals surface area (Å²) in [7, 11) is 0. The lowest BCUT2D eigenvalue weighted by Crippen LogP contribution is -2.46. The van der Waals surface area contributed by atoms with Crippen molar-refractivity contribution in [2.75, 3.05) is 6.54 Å². The van der Waals surface area contributed by atoms with Crippen molar-refractivity contribution in [1.82, 2.24) is 10.6 Å². The van der Waals surface area contributed by atoms with E-state index in [0.717, 1.165) is 0 Å². The number of amides is 2. The molecular formula is C12H25N3O2. The summed E-state index contributed by atoms with van der Waals surface area (Å²) in [4.78, 5) is 22.9. The summed E-state index contributed by atoms with van der Waals surface area (Å²) in [6, 6.07) is -0.513. The summed E-state index contributed by atoms with van der Waals surface area (Å²) in [6.45, 7) is 9.84. The summed E-state index contributed by atoms with van der Waals surface area (Å²) < 4.78 is 0. The van der Waals surface area contributed by atoms with E-state index in [4.69, 9.17) is 5.73 Å². The van der Waals surface area contributed by atoms with Crippen LogP contribution < -0.4 is 16.4 Å². The lowest BCUT2D eigenvalue weighted by atomic mass is 10.1. The number of hydrogen-bond donors (Lipinski definition) is 3. The second-order valence-corrected chi connectivity index (χ2v) is 5.61. The first kappa shape index (κ1) is 15.9. The molecule has 0 bridgehead atoms. The van der Waals surface area contributed by atoms with Crippen LogP contribution in [-0.4, -0.2) is 29.9 Å². The summed E-state index contributed by atoms with van der Waals surface area (Å²) >= 11 is 0. The predicted octanol–water partition coefficient (Wildman–Crippen LogP) is 0.391. The molecule has 0 rings (SSSR count). The van der Waals surface area contributed by atoms with Crippen LogP contribution in [0.5, 0.6) is 0 Å². The SMILES string of the molecule is CC(C)[C@H](N)C(=O)NCCC(=O)NC(C)(C)C. The molecule has 0 aliphatic carbocycles. The summed E-state index contributed by atoms with van der Waals surface area (Å²) in [5, 5.41) is 5.48. The zero-order valence-electron chi connectivity index (χ0n) is 11.5. The van der Waals surface area contributed by atoms with Gasteiger partial charge < -0.3 is 16.4 Å². The molecule has 4 N–H and O–H groups in total. The first-order valence-corrected chi connectivity index (χ1v) is 5.98. The van der Waals surface area contributed by atoms with E-state index < -0.39 is 6.04 Å². The van der Waals surface area contributed by atoms with Crippen molar-refractivity contribution in [2.24, 2.45) is 11.7 Å². The van der Waals surface area contributed by atoms with Crippen LogP contribution in [0.2, 0.25) is 0 Å². The highest BCUT2D eigenvalue weighted by atomic mass is 16.2. The fourth-order valence-electron chi connectivity index (χ4n) is 1.20. The maximum atomic E-state index is 11.5. The highest BCUT2D eigenvalue weighted by molar-refractivity contribution is 5.82. The topological polar surface area (TPSA) is 84.2 Å². The van der Waals surface area contributed by atoms with E-state index in [2.05, 4.69) is 10.6 Å². The van der Waals surface area contributed by atoms with Crippen LogP contribution in [0, 0.1) is 5.92 Å². The largest absolute Gasteiger partial charge is 0.354 e. The Labute approximate surface area is 104 Å². The average molecular weight is 243 g/mol. The molecule has 0 aromatic carbocycles. The Morgan fingerprint density at radius 2 is 1.76 bits per heavy atom. The number of hydrogen-bond acceptors (Lipinski definition) is 3. The van der Waals surface area contributed by atoms with Crippen LogP contribution in [0.25, 0.3) is 0 Å². The Kier molecular flexibility index (Phi) is 6.16. The van der Waals surface area contributed by atoms with Gasteiger partial charge in [0, 0.05) is 18.5 Å². The first-order chi connectivity index (χ1) is 7.63. The molecule has 0 fully saturated rings. The van der Waals surface area contributed by atoms with Crippen molar-refractivity contribution in [3.05, 3.63) is 0 Å². The fourth-order valence-corrected chi connectivity index (χ4v) is 1.20. The second-order valence-electron chi connectivity index (χ2n) is 5.61. The second kappa shape index (κ2) is 6.59. The molecule has 5 nitrogen and oxygen atoms in total. The van der Waals surface area contributed by atoms with Crippen molar-refractivity contribution in [1.29, 1.82) is 0 Å². The third-order valence-electron chi connectivity index (χ3n) is 2.19. The van der Waals surface area contributed by atoms with Gasteiger partial charge in [0.05, 0.1) is 6.04 Å². The zero-order valence-corrected chi connectivity index (χ0v) is 11.5. The Hall–Kier alpha value is -1.10. The summed E-state index contributed by atoms with van der Waals surface area (Å²) in [5.74, 6) is -0.183. The van der Waals surface area contributed by atoms with Crippen LogP contribution in [0.15, 0.2) is 0 Å². The van der Waals surface area contributed by atoms with Crippen molar-refractivity contribution < 1.29 is 9.59 Å². The van der Waals surface area contributed by atoms with Crippen LogP contribution >= 0.6 is 0 Å². The zero-order chi connectivity index (χ0) is 13.6. The third-order valence-corrected chi connectivity index (χ3v) is 2.19. The molecule has 5 heteroatoms. The Balaban J connectivity index is 3.85. The number of carbonyl (C=O) groups is 2. The minimum atomic E-state index is -0.513. The Morgan fingerprint density at radius 3 is 2.18 bits per heavy atom. The monoisotopic (exact) mass is 243 g/mol. The van der Waals surface area contributed by atoms with Gasteiger partial charge in [-0.2, -0.15) is 0 Å². The van der Waals surface area contributed by atoms with E-state index in [9.17, 15) is 9.59 Å². The van der Waals surface area contributed by atoms with Gasteiger partial charge in [0.2, 0.25) is 11.8 Å². The normalized spacial score (nSPS) is 13.4. The molecule has 2 amide bonds. The molecular weight excluding hydrogens is 218 g/mol. The van der Waals surface area contributed by atoms with Gasteiger partial charge in [-0.05, 0) is 26.7 Å². The fraction of sp³-hybridized carbons (Fsp3) is 0.833. The van der Waals surface area contributed by atoms with Gasteiger partial charge in [-0.3, -0.25) is 9.59 Å². The molecule has 0 radical (unpaired) electrons. The standard InChI is InChI=1S/C12H25N3O2/c1-8(2)10(13)11(17)14-7-6-9(16)15-12(3,4)5/h8,10H,6-7,13H2,1-5H3,(H,14,17)(H,15,16)/t10-/m0/s1. The highest BCUT2D eigenvalue weighted by Gasteiger charge is 2.17. The lowest BCUT2D eigenvalue weighted by Gasteiger charge is -2.20. The third kappa shape index (κ3) is 7.74. The Morgan fingerprint density at radius 1 is 1.24 bits per heavy atom. The van der Waals surface area contributed by atoms with Gasteiger partial charge in [-0.25, -0.2) is 0 Å². The molecule has 0 aliphatic heterocycles. The van der Waals surface area contributed by atoms with Crippen LogP contribution in [-0.2, 0) is 9.59 Å². The van der Waals surface area contributed by atoms with Gasteiger partial charge in [0.25, 0.3) is 0 Å². The molecule has 0 aliphatic rings. The van der Waals surface area contributed by atoms with Crippen molar-refractivity contribution in [3.8, 4) is 0 Å². The van der Waals surface area contributed by atoms with E-state index in [-0.39, 0.29) is 29.7 Å². The van der Waals surface area contributed by atoms with E-state index in [1.165, 1.54) is 0 Å². The van der Waals surface area contributed by atoms with E-state index in [1.807, 2.05) is 34.6 Å². The predicted molar refractivity (Wildman–Crippen MR) is 68.3 cm³/mol. The van der Waals surface area contributed by atoms with E-state index in [1.54, 1.807) is 0 Å². The number of nitrogens with two attached hydrogens (primary N) is 1. The van der Waals surface area contributed by atoms with Crippen LogP contribution in [0.1, 0.15) is 41.0 Å². The molecule has 17 heavy (non-hydrogen) atoms. The lowest BCUT2D eigenvalue weighted by molar-refractivity contribution is -0.124. The van der Waals surface area contributed by atoms with Gasteiger partial charge in [-0.1, -0.05) is 13.8 Å². The molecule has 0 aromatic heterocycles. The smallest absolute Gasteiger partial charge is 0.237 e. The molecule has 100 valence electrons. The molecule has 0 aromatic rings. The Bertz CT molecular complexity index is 269. The summed E-state index contributed by atoms with van der Waals surface area (Å²) in [6.07, 6.45) is 0.272. The highest BCUT2D eigenvalue weighted by Crippen LogP contribution is 1.99. The number of rotatable bonds is 5. The van der Waals surface area contributed by atoms with Crippen molar-refractivity contribution in [2.45, 2.75) is 52.6 Å². The molecule has 0 heterocycles. The van der Waals surface area contributed by atoms with Crippen molar-refractivity contribution >= 4 is 11.8 Å². The maximum Gasteiger partial charge on any atom is 0.237 e. The minimum Gasteiger partial charge on any atom is -0.354 e. The molecule has 0 spiro atoms. The van der Waals surface area contributed by atoms with Gasteiger partial charge >= 0.3 is 0 Å². The van der Waals surface area contributed by atoms with Gasteiger partial charge in [0.15, 0.2) is 0 Å². The van der Waals surface area contributed by atoms with Gasteiger partial charge in [0.1, 0.15) is 0 Å². The van der Waals surface area contributed by atoms with Gasteiger partial charge in [-0.15, -0.1) is 0 Å².